The lowest BCUT2D eigenvalue weighted by molar-refractivity contribution is -0.121. The van der Waals surface area contributed by atoms with Crippen LogP contribution >= 0.6 is 15.9 Å². The molecule has 0 aliphatic carbocycles. The minimum absolute atomic E-state index is 0.0650. The van der Waals surface area contributed by atoms with E-state index < -0.39 is 0 Å². The van der Waals surface area contributed by atoms with Gasteiger partial charge >= 0.3 is 6.09 Å². The van der Waals surface area contributed by atoms with Gasteiger partial charge < -0.3 is 14.4 Å². The summed E-state index contributed by atoms with van der Waals surface area (Å²) in [5, 5.41) is 0.290. The van der Waals surface area contributed by atoms with Gasteiger partial charge in [0.2, 0.25) is 0 Å². The molecule has 98 valence electrons. The Balaban J connectivity index is 2.73. The summed E-state index contributed by atoms with van der Waals surface area (Å²) in [7, 11) is 0. The average molecular weight is 308 g/mol. The second-order valence-electron chi connectivity index (χ2n) is 3.80. The number of halogens is 1. The predicted molar refractivity (Wildman–Crippen MR) is 66.3 cm³/mol. The standard InChI is InChI=1S/C11H18BrNO4/c1-3-13(11(15)17-4-2)9-7-16-6-8(9)10(14)5-12/h8-9H,3-7H2,1-2H3. The Hall–Kier alpha value is -0.620. The number of nitrogens with zero attached hydrogens (tertiary/aromatic N) is 1. The monoisotopic (exact) mass is 307 g/mol. The first-order valence-electron chi connectivity index (χ1n) is 5.75. The van der Waals surface area contributed by atoms with Crippen LogP contribution in [0.2, 0.25) is 0 Å². The van der Waals surface area contributed by atoms with Gasteiger partial charge in [-0.15, -0.1) is 0 Å². The highest BCUT2D eigenvalue weighted by Crippen LogP contribution is 2.22. The first-order valence-corrected chi connectivity index (χ1v) is 6.87. The van der Waals surface area contributed by atoms with Crippen LogP contribution in [0.4, 0.5) is 4.79 Å². The van der Waals surface area contributed by atoms with Crippen LogP contribution in [0.3, 0.4) is 0 Å². The van der Waals surface area contributed by atoms with E-state index in [0.29, 0.717) is 26.4 Å². The number of ether oxygens (including phenoxy) is 2. The number of alkyl halides is 1. The van der Waals surface area contributed by atoms with Crippen molar-refractivity contribution in [1.82, 2.24) is 4.90 Å². The van der Waals surface area contributed by atoms with Crippen molar-refractivity contribution in [2.24, 2.45) is 5.92 Å². The van der Waals surface area contributed by atoms with Gasteiger partial charge in [0, 0.05) is 6.54 Å². The first-order chi connectivity index (χ1) is 8.15. The van der Waals surface area contributed by atoms with E-state index in [9.17, 15) is 9.59 Å². The largest absolute Gasteiger partial charge is 0.450 e. The molecule has 0 spiro atoms. The van der Waals surface area contributed by atoms with Crippen molar-refractivity contribution in [3.63, 3.8) is 0 Å². The SMILES string of the molecule is CCOC(=O)N(CC)C1COCC1C(=O)CBr. The summed E-state index contributed by atoms with van der Waals surface area (Å²) in [5.74, 6) is -0.186. The quantitative estimate of drug-likeness (QED) is 0.721. The lowest BCUT2D eigenvalue weighted by Gasteiger charge is -2.29. The maximum atomic E-state index is 11.7. The minimum Gasteiger partial charge on any atom is -0.450 e. The lowest BCUT2D eigenvalue weighted by atomic mass is 9.98. The molecule has 0 saturated carbocycles. The molecule has 0 N–H and O–H groups in total. The fourth-order valence-electron chi connectivity index (χ4n) is 1.96. The molecule has 1 saturated heterocycles. The number of likely N-dealkylation sites (N-methyl/N-ethyl adjacent to an activating group) is 1. The highest BCUT2D eigenvalue weighted by atomic mass is 79.9. The van der Waals surface area contributed by atoms with Crippen LogP contribution in [0.5, 0.6) is 0 Å². The molecule has 6 heteroatoms. The maximum absolute atomic E-state index is 11.7. The zero-order valence-corrected chi connectivity index (χ0v) is 11.7. The summed E-state index contributed by atoms with van der Waals surface area (Å²) in [4.78, 5) is 25.0. The molecule has 2 unspecified atom stereocenters. The second kappa shape index (κ2) is 6.96. The third-order valence-electron chi connectivity index (χ3n) is 2.84. The Bertz CT molecular complexity index is 285. The predicted octanol–water partition coefficient (Wildman–Crippen LogP) is 1.44. The zero-order valence-electron chi connectivity index (χ0n) is 10.1. The van der Waals surface area contributed by atoms with E-state index in [4.69, 9.17) is 9.47 Å². The summed E-state index contributed by atoms with van der Waals surface area (Å²) < 4.78 is 10.3. The molecule has 0 radical (unpaired) electrons. The smallest absolute Gasteiger partial charge is 0.410 e. The molecule has 5 nitrogen and oxygen atoms in total. The van der Waals surface area contributed by atoms with Crippen molar-refractivity contribution in [3.05, 3.63) is 0 Å². The van der Waals surface area contributed by atoms with Crippen molar-refractivity contribution < 1.29 is 19.1 Å². The van der Waals surface area contributed by atoms with Crippen LogP contribution in [0.15, 0.2) is 0 Å². The molecule has 1 fully saturated rings. The number of hydrogen-bond donors (Lipinski definition) is 0. The highest BCUT2D eigenvalue weighted by Gasteiger charge is 2.39. The number of Topliss-reactive ketones (excluding diaryl/α,β-unsaturated/α-hetero) is 1. The van der Waals surface area contributed by atoms with Crippen LogP contribution in [0.1, 0.15) is 13.8 Å². The summed E-state index contributed by atoms with van der Waals surface area (Å²) >= 11 is 3.15. The van der Waals surface area contributed by atoms with Gasteiger partial charge in [0.15, 0.2) is 5.78 Å². The van der Waals surface area contributed by atoms with Crippen molar-refractivity contribution in [2.45, 2.75) is 19.9 Å². The van der Waals surface area contributed by atoms with Gasteiger partial charge in [-0.2, -0.15) is 0 Å². The molecule has 0 aromatic heterocycles. The number of hydrogen-bond acceptors (Lipinski definition) is 4. The van der Waals surface area contributed by atoms with Crippen molar-refractivity contribution >= 4 is 27.8 Å². The first kappa shape index (κ1) is 14.4. The molecule has 1 amide bonds. The molecule has 1 heterocycles. The molecular weight excluding hydrogens is 290 g/mol. The van der Waals surface area contributed by atoms with E-state index in [-0.39, 0.29) is 29.2 Å². The molecule has 0 bridgehead atoms. The fraction of sp³-hybridized carbons (Fsp3) is 0.818. The summed E-state index contributed by atoms with van der Waals surface area (Å²) in [6, 6.07) is -0.205. The fourth-order valence-corrected chi connectivity index (χ4v) is 2.38. The molecular formula is C11H18BrNO4. The number of ketones is 1. The maximum Gasteiger partial charge on any atom is 0.410 e. The Morgan fingerprint density at radius 1 is 1.41 bits per heavy atom. The second-order valence-corrected chi connectivity index (χ2v) is 4.36. The number of carbonyl (C=O) groups excluding carboxylic acids is 2. The van der Waals surface area contributed by atoms with E-state index >= 15 is 0 Å². The minimum atomic E-state index is -0.377. The molecule has 1 rings (SSSR count). The summed E-state index contributed by atoms with van der Waals surface area (Å²) in [5.41, 5.74) is 0. The van der Waals surface area contributed by atoms with E-state index in [1.165, 1.54) is 0 Å². The van der Waals surface area contributed by atoms with Gasteiger partial charge in [0.25, 0.3) is 0 Å². The van der Waals surface area contributed by atoms with Gasteiger partial charge in [-0.25, -0.2) is 4.79 Å². The van der Waals surface area contributed by atoms with Gasteiger partial charge in [-0.1, -0.05) is 15.9 Å². The highest BCUT2D eigenvalue weighted by molar-refractivity contribution is 9.09. The van der Waals surface area contributed by atoms with E-state index in [1.807, 2.05) is 6.92 Å². The van der Waals surface area contributed by atoms with Crippen molar-refractivity contribution in [2.75, 3.05) is 31.7 Å². The number of carbonyl (C=O) groups is 2. The van der Waals surface area contributed by atoms with Gasteiger partial charge in [0.05, 0.1) is 37.1 Å². The van der Waals surface area contributed by atoms with Crippen LogP contribution in [0.25, 0.3) is 0 Å². The Labute approximate surface area is 110 Å². The third kappa shape index (κ3) is 3.42. The Kier molecular flexibility index (Phi) is 5.91. The molecule has 1 aliphatic heterocycles. The van der Waals surface area contributed by atoms with Gasteiger partial charge in [0.1, 0.15) is 0 Å². The summed E-state index contributed by atoms with van der Waals surface area (Å²) in [6.45, 7) is 5.25. The van der Waals surface area contributed by atoms with Gasteiger partial charge in [-0.05, 0) is 13.8 Å². The molecule has 0 aromatic rings. The number of rotatable bonds is 5. The molecule has 0 aromatic carbocycles. The van der Waals surface area contributed by atoms with Gasteiger partial charge in [-0.3, -0.25) is 4.79 Å². The van der Waals surface area contributed by atoms with Crippen LogP contribution < -0.4 is 0 Å². The molecule has 1 aliphatic rings. The topological polar surface area (TPSA) is 55.8 Å². The zero-order chi connectivity index (χ0) is 12.8. The molecule has 17 heavy (non-hydrogen) atoms. The van der Waals surface area contributed by atoms with Crippen LogP contribution in [-0.2, 0) is 14.3 Å². The van der Waals surface area contributed by atoms with E-state index in [2.05, 4.69) is 15.9 Å². The summed E-state index contributed by atoms with van der Waals surface area (Å²) in [6.07, 6.45) is -0.377. The Morgan fingerprint density at radius 2 is 2.12 bits per heavy atom. The van der Waals surface area contributed by atoms with Crippen molar-refractivity contribution in [1.29, 1.82) is 0 Å². The van der Waals surface area contributed by atoms with E-state index in [0.717, 1.165) is 0 Å². The number of amides is 1. The third-order valence-corrected chi connectivity index (χ3v) is 3.39. The van der Waals surface area contributed by atoms with Crippen LogP contribution in [0, 0.1) is 5.92 Å². The van der Waals surface area contributed by atoms with Crippen LogP contribution in [-0.4, -0.2) is 54.5 Å². The molecule has 2 atom stereocenters. The van der Waals surface area contributed by atoms with E-state index in [1.54, 1.807) is 11.8 Å². The van der Waals surface area contributed by atoms with Crippen molar-refractivity contribution in [3.8, 4) is 0 Å². The lowest BCUT2D eigenvalue weighted by Crippen LogP contribution is -2.46. The normalized spacial score (nSPS) is 23.5. The average Bonchev–Trinajstić information content (AvgIpc) is 2.78. The Morgan fingerprint density at radius 3 is 2.65 bits per heavy atom.